The second-order valence-electron chi connectivity index (χ2n) is 5.40. The molecule has 1 fully saturated rings. The molecule has 0 saturated heterocycles. The third-order valence-corrected chi connectivity index (χ3v) is 7.75. The molecule has 1 saturated carbocycles. The van der Waals surface area contributed by atoms with Crippen molar-refractivity contribution in [3.8, 4) is 0 Å². The van der Waals surface area contributed by atoms with Gasteiger partial charge in [0.05, 0.1) is 0 Å². The summed E-state index contributed by atoms with van der Waals surface area (Å²) in [6.07, 6.45) is 8.30. The molecule has 0 aromatic rings. The molecule has 0 heterocycles. The Kier molecular flexibility index (Phi) is 6.19. The van der Waals surface area contributed by atoms with Gasteiger partial charge in [-0.15, -0.1) is 0 Å². The SMILES string of the molecule is CCP(=O)(CC)C(O)[C@@H](N)CC1CCCCC1. The predicted octanol–water partition coefficient (Wildman–Crippen LogP) is 3.01. The summed E-state index contributed by atoms with van der Waals surface area (Å²) < 4.78 is 12.4. The Bertz CT molecular complexity index is 256. The zero-order chi connectivity index (χ0) is 12.9. The first-order valence-corrected chi connectivity index (χ1v) is 9.19. The molecule has 1 rings (SSSR count). The van der Waals surface area contributed by atoms with Gasteiger partial charge in [0.15, 0.2) is 0 Å². The van der Waals surface area contributed by atoms with Gasteiger partial charge in [0.2, 0.25) is 0 Å². The average Bonchev–Trinajstić information content (AvgIpc) is 2.38. The lowest BCUT2D eigenvalue weighted by molar-refractivity contribution is 0.188. The fraction of sp³-hybridized carbons (Fsp3) is 1.00. The highest BCUT2D eigenvalue weighted by atomic mass is 31.2. The van der Waals surface area contributed by atoms with Crippen molar-refractivity contribution in [3.05, 3.63) is 0 Å². The fourth-order valence-electron chi connectivity index (χ4n) is 2.88. The zero-order valence-corrected chi connectivity index (χ0v) is 12.2. The second kappa shape index (κ2) is 6.92. The van der Waals surface area contributed by atoms with Crippen LogP contribution in [0.5, 0.6) is 0 Å². The molecule has 0 amide bonds. The summed E-state index contributed by atoms with van der Waals surface area (Å²) in [6.45, 7) is 3.78. The van der Waals surface area contributed by atoms with Crippen LogP contribution in [0.25, 0.3) is 0 Å². The standard InChI is InChI=1S/C13H28NO2P/c1-3-17(16,4-2)13(15)12(14)10-11-8-6-5-7-9-11/h11-13,15H,3-10,14H2,1-2H3/t12-,13?/m0/s1. The van der Waals surface area contributed by atoms with Crippen LogP contribution in [0.15, 0.2) is 0 Å². The van der Waals surface area contributed by atoms with Crippen molar-refractivity contribution in [2.75, 3.05) is 12.3 Å². The van der Waals surface area contributed by atoms with E-state index >= 15 is 0 Å². The molecule has 1 aliphatic rings. The van der Waals surface area contributed by atoms with Crippen molar-refractivity contribution in [3.63, 3.8) is 0 Å². The Labute approximate surface area is 106 Å². The Morgan fingerprint density at radius 1 is 1.24 bits per heavy atom. The molecule has 3 N–H and O–H groups in total. The maximum Gasteiger partial charge on any atom is 0.122 e. The van der Waals surface area contributed by atoms with Gasteiger partial charge in [0.25, 0.3) is 0 Å². The third kappa shape index (κ3) is 4.08. The largest absolute Gasteiger partial charge is 0.384 e. The van der Waals surface area contributed by atoms with Gasteiger partial charge in [0.1, 0.15) is 13.0 Å². The molecule has 1 unspecified atom stereocenters. The molecule has 0 spiro atoms. The van der Waals surface area contributed by atoms with E-state index in [1.165, 1.54) is 32.1 Å². The summed E-state index contributed by atoms with van der Waals surface area (Å²) >= 11 is 0. The van der Waals surface area contributed by atoms with E-state index in [1.807, 2.05) is 13.8 Å². The van der Waals surface area contributed by atoms with Crippen LogP contribution in [0.2, 0.25) is 0 Å². The molecule has 0 aromatic carbocycles. The van der Waals surface area contributed by atoms with E-state index in [9.17, 15) is 9.67 Å². The van der Waals surface area contributed by atoms with Crippen LogP contribution < -0.4 is 5.73 Å². The predicted molar refractivity (Wildman–Crippen MR) is 73.9 cm³/mol. The maximum atomic E-state index is 12.4. The highest BCUT2D eigenvalue weighted by molar-refractivity contribution is 7.64. The van der Waals surface area contributed by atoms with E-state index in [-0.39, 0.29) is 6.04 Å². The zero-order valence-electron chi connectivity index (χ0n) is 11.3. The van der Waals surface area contributed by atoms with Crippen LogP contribution >= 0.6 is 7.14 Å². The van der Waals surface area contributed by atoms with Gasteiger partial charge < -0.3 is 15.4 Å². The van der Waals surface area contributed by atoms with Crippen molar-refractivity contribution in [2.45, 2.75) is 64.3 Å². The minimum Gasteiger partial charge on any atom is -0.384 e. The van der Waals surface area contributed by atoms with Gasteiger partial charge in [-0.2, -0.15) is 0 Å². The molecule has 1 aliphatic carbocycles. The van der Waals surface area contributed by atoms with Gasteiger partial charge in [-0.25, -0.2) is 0 Å². The summed E-state index contributed by atoms with van der Waals surface area (Å²) in [5, 5.41) is 10.2. The molecule has 3 nitrogen and oxygen atoms in total. The summed E-state index contributed by atoms with van der Waals surface area (Å²) in [4.78, 5) is 0. The number of nitrogens with two attached hydrogens (primary N) is 1. The highest BCUT2D eigenvalue weighted by Gasteiger charge is 2.33. The van der Waals surface area contributed by atoms with Crippen molar-refractivity contribution in [1.29, 1.82) is 0 Å². The lowest BCUT2D eigenvalue weighted by Gasteiger charge is -2.30. The first kappa shape index (κ1) is 15.2. The number of rotatable bonds is 6. The Morgan fingerprint density at radius 2 is 1.76 bits per heavy atom. The van der Waals surface area contributed by atoms with E-state index < -0.39 is 13.0 Å². The molecule has 2 atom stereocenters. The van der Waals surface area contributed by atoms with E-state index in [0.29, 0.717) is 18.2 Å². The first-order valence-electron chi connectivity index (χ1n) is 7.05. The van der Waals surface area contributed by atoms with Crippen LogP contribution in [0.4, 0.5) is 0 Å². The van der Waals surface area contributed by atoms with Gasteiger partial charge >= 0.3 is 0 Å². The van der Waals surface area contributed by atoms with E-state index in [4.69, 9.17) is 5.73 Å². The number of aliphatic hydroxyl groups is 1. The topological polar surface area (TPSA) is 63.3 Å². The lowest BCUT2D eigenvalue weighted by atomic mass is 9.85. The number of hydrogen-bond donors (Lipinski definition) is 2. The molecule has 102 valence electrons. The molecule has 4 heteroatoms. The van der Waals surface area contributed by atoms with Crippen molar-refractivity contribution >= 4 is 7.14 Å². The second-order valence-corrected chi connectivity index (χ2v) is 9.10. The lowest BCUT2D eigenvalue weighted by Crippen LogP contribution is -2.37. The molecule has 0 aliphatic heterocycles. The first-order chi connectivity index (χ1) is 8.03. The maximum absolute atomic E-state index is 12.4. The van der Waals surface area contributed by atoms with Crippen LogP contribution in [-0.4, -0.2) is 29.3 Å². The van der Waals surface area contributed by atoms with E-state index in [1.54, 1.807) is 0 Å². The molecule has 0 aromatic heterocycles. The van der Waals surface area contributed by atoms with Crippen molar-refractivity contribution < 1.29 is 9.67 Å². The molecular weight excluding hydrogens is 233 g/mol. The van der Waals surface area contributed by atoms with Gasteiger partial charge in [-0.3, -0.25) is 0 Å². The summed E-state index contributed by atoms with van der Waals surface area (Å²) in [7, 11) is -2.47. The number of hydrogen-bond acceptors (Lipinski definition) is 3. The van der Waals surface area contributed by atoms with E-state index in [0.717, 1.165) is 6.42 Å². The Hall–Kier alpha value is 0.150. The number of aliphatic hydroxyl groups excluding tert-OH is 1. The van der Waals surface area contributed by atoms with Gasteiger partial charge in [-0.1, -0.05) is 46.0 Å². The van der Waals surface area contributed by atoms with Crippen molar-refractivity contribution in [2.24, 2.45) is 11.7 Å². The fourth-order valence-corrected chi connectivity index (χ4v) is 4.89. The molecule has 0 bridgehead atoms. The minimum atomic E-state index is -2.47. The van der Waals surface area contributed by atoms with Crippen LogP contribution in [0, 0.1) is 5.92 Å². The van der Waals surface area contributed by atoms with Crippen LogP contribution in [0.3, 0.4) is 0 Å². The Morgan fingerprint density at radius 3 is 2.24 bits per heavy atom. The third-order valence-electron chi connectivity index (χ3n) is 4.27. The quantitative estimate of drug-likeness (QED) is 0.722. The monoisotopic (exact) mass is 261 g/mol. The molecular formula is C13H28NO2P. The Balaban J connectivity index is 2.50. The summed E-state index contributed by atoms with van der Waals surface area (Å²) in [6, 6.07) is -0.302. The van der Waals surface area contributed by atoms with Crippen LogP contribution in [0.1, 0.15) is 52.4 Å². The van der Waals surface area contributed by atoms with E-state index in [2.05, 4.69) is 0 Å². The highest BCUT2D eigenvalue weighted by Crippen LogP contribution is 2.50. The van der Waals surface area contributed by atoms with Gasteiger partial charge in [0, 0.05) is 18.4 Å². The van der Waals surface area contributed by atoms with Crippen molar-refractivity contribution in [1.82, 2.24) is 0 Å². The minimum absolute atomic E-state index is 0.302. The van der Waals surface area contributed by atoms with Gasteiger partial charge in [-0.05, 0) is 12.3 Å². The summed E-state index contributed by atoms with van der Waals surface area (Å²) in [5.74, 6) is -0.157. The normalized spacial score (nSPS) is 22.4. The summed E-state index contributed by atoms with van der Waals surface area (Å²) in [5.41, 5.74) is 6.06. The van der Waals surface area contributed by atoms with Crippen LogP contribution in [-0.2, 0) is 4.57 Å². The molecule has 0 radical (unpaired) electrons. The smallest absolute Gasteiger partial charge is 0.122 e. The average molecular weight is 261 g/mol. The molecule has 17 heavy (non-hydrogen) atoms.